The molecule has 41 heavy (non-hydrogen) atoms. The van der Waals surface area contributed by atoms with Gasteiger partial charge in [0.25, 0.3) is 5.91 Å². The maximum atomic E-state index is 14.5. The summed E-state index contributed by atoms with van der Waals surface area (Å²) < 4.78 is 31.9. The molecule has 4 heterocycles. The number of H-pyrrole nitrogens is 1. The van der Waals surface area contributed by atoms with Crippen LogP contribution in [0.1, 0.15) is 27.5 Å². The molecule has 0 saturated carbocycles. The van der Waals surface area contributed by atoms with E-state index in [1.807, 2.05) is 43.3 Å². The van der Waals surface area contributed by atoms with Gasteiger partial charge in [0.05, 0.1) is 48.2 Å². The van der Waals surface area contributed by atoms with E-state index in [4.69, 9.17) is 13.9 Å². The van der Waals surface area contributed by atoms with Crippen LogP contribution in [0.25, 0.3) is 22.7 Å². The topological polar surface area (TPSA) is 114 Å². The number of amides is 1. The third kappa shape index (κ3) is 5.11. The highest BCUT2D eigenvalue weighted by Crippen LogP contribution is 2.42. The zero-order valence-electron chi connectivity index (χ0n) is 22.6. The number of methoxy groups -OCH3 is 1. The van der Waals surface area contributed by atoms with E-state index >= 15 is 0 Å². The number of nitrogens with zero attached hydrogens (tertiary/aromatic N) is 2. The number of para-hydroxylation sites is 1. The number of benzene rings is 2. The minimum absolute atomic E-state index is 0.0497. The van der Waals surface area contributed by atoms with Gasteiger partial charge in [-0.25, -0.2) is 9.37 Å². The molecule has 0 radical (unpaired) electrons. The third-order valence-corrected chi connectivity index (χ3v) is 6.96. The lowest BCUT2D eigenvalue weighted by molar-refractivity contribution is 0.0947. The van der Waals surface area contributed by atoms with E-state index in [9.17, 15) is 9.18 Å². The van der Waals surface area contributed by atoms with Gasteiger partial charge >= 0.3 is 0 Å². The minimum atomic E-state index is -0.514. The normalized spacial score (nSPS) is 12.5. The van der Waals surface area contributed by atoms with E-state index in [1.165, 1.54) is 13.2 Å². The molecular formula is C31H28FN5O4. The lowest BCUT2D eigenvalue weighted by Gasteiger charge is -2.17. The zero-order valence-corrected chi connectivity index (χ0v) is 22.6. The van der Waals surface area contributed by atoms with Crippen LogP contribution in [0.4, 0.5) is 15.8 Å². The smallest absolute Gasteiger partial charge is 0.255 e. The van der Waals surface area contributed by atoms with Gasteiger partial charge in [0.2, 0.25) is 5.89 Å². The molecule has 0 aliphatic carbocycles. The summed E-state index contributed by atoms with van der Waals surface area (Å²) in [6.07, 6.45) is 4.42. The third-order valence-electron chi connectivity index (χ3n) is 6.96. The molecule has 0 bridgehead atoms. The molecular weight excluding hydrogens is 525 g/mol. The Balaban J connectivity index is 1.30. The average Bonchev–Trinajstić information content (AvgIpc) is 3.55. The van der Waals surface area contributed by atoms with Gasteiger partial charge in [-0.05, 0) is 37.3 Å². The molecule has 1 aliphatic rings. The van der Waals surface area contributed by atoms with E-state index in [2.05, 4.69) is 25.6 Å². The Bertz CT molecular complexity index is 1710. The first kappa shape index (κ1) is 26.1. The number of aryl methyl sites for hydroxylation is 1. The Morgan fingerprint density at radius 2 is 1.98 bits per heavy atom. The van der Waals surface area contributed by atoms with Crippen molar-refractivity contribution in [1.29, 1.82) is 0 Å². The summed E-state index contributed by atoms with van der Waals surface area (Å²) in [4.78, 5) is 25.3. The van der Waals surface area contributed by atoms with E-state index in [0.29, 0.717) is 65.8 Å². The first-order valence-electron chi connectivity index (χ1n) is 13.2. The molecule has 3 N–H and O–H groups in total. The van der Waals surface area contributed by atoms with Crippen molar-refractivity contribution in [2.75, 3.05) is 25.6 Å². The summed E-state index contributed by atoms with van der Waals surface area (Å²) in [5.74, 6) is 1.13. The maximum absolute atomic E-state index is 14.5. The van der Waals surface area contributed by atoms with Crippen molar-refractivity contribution in [3.8, 4) is 34.2 Å². The van der Waals surface area contributed by atoms with Crippen LogP contribution < -0.4 is 20.1 Å². The fourth-order valence-electron chi connectivity index (χ4n) is 4.98. The summed E-state index contributed by atoms with van der Waals surface area (Å²) in [7, 11) is 1.40. The molecule has 0 saturated heterocycles. The molecule has 0 spiro atoms. The predicted molar refractivity (Wildman–Crippen MR) is 152 cm³/mol. The predicted octanol–water partition coefficient (Wildman–Crippen LogP) is 5.84. The van der Waals surface area contributed by atoms with Gasteiger partial charge in [-0.3, -0.25) is 9.78 Å². The highest BCUT2D eigenvalue weighted by Gasteiger charge is 2.29. The molecule has 1 aliphatic heterocycles. The van der Waals surface area contributed by atoms with Gasteiger partial charge in [0.15, 0.2) is 11.6 Å². The van der Waals surface area contributed by atoms with E-state index in [0.717, 1.165) is 22.7 Å². The van der Waals surface area contributed by atoms with Crippen molar-refractivity contribution in [1.82, 2.24) is 20.3 Å². The van der Waals surface area contributed by atoms with Crippen LogP contribution >= 0.6 is 0 Å². The number of hydrogen-bond acceptors (Lipinski definition) is 7. The minimum Gasteiger partial charge on any atom is -0.492 e. The van der Waals surface area contributed by atoms with Crippen LogP contribution in [-0.4, -0.2) is 41.1 Å². The van der Waals surface area contributed by atoms with Gasteiger partial charge in [-0.15, -0.1) is 0 Å². The molecule has 1 amide bonds. The number of nitrogens with one attached hydrogen (secondary N) is 3. The Kier molecular flexibility index (Phi) is 7.11. The lowest BCUT2D eigenvalue weighted by atomic mass is 10.0. The van der Waals surface area contributed by atoms with E-state index in [-0.39, 0.29) is 11.7 Å². The van der Waals surface area contributed by atoms with Crippen molar-refractivity contribution >= 4 is 17.3 Å². The fourth-order valence-corrected chi connectivity index (χ4v) is 4.98. The second kappa shape index (κ2) is 11.2. The second-order valence-electron chi connectivity index (χ2n) is 9.54. The monoisotopic (exact) mass is 553 g/mol. The quantitative estimate of drug-likeness (QED) is 0.210. The highest BCUT2D eigenvalue weighted by atomic mass is 19.1. The number of fused-ring (bicyclic) bond motifs is 1. The number of ether oxygens (including phenoxy) is 2. The number of anilines is 2. The summed E-state index contributed by atoms with van der Waals surface area (Å²) >= 11 is 0. The Hall–Kier alpha value is -5.12. The average molecular weight is 554 g/mol. The molecule has 5 aromatic rings. The molecule has 2 aromatic carbocycles. The summed E-state index contributed by atoms with van der Waals surface area (Å²) in [6, 6.07) is 16.1. The van der Waals surface area contributed by atoms with Crippen LogP contribution in [0.3, 0.4) is 0 Å². The summed E-state index contributed by atoms with van der Waals surface area (Å²) in [5.41, 5.74) is 5.16. The molecule has 9 nitrogen and oxygen atoms in total. The van der Waals surface area contributed by atoms with Gasteiger partial charge in [-0.1, -0.05) is 24.3 Å². The molecule has 6 rings (SSSR count). The lowest BCUT2D eigenvalue weighted by Crippen LogP contribution is -2.31. The van der Waals surface area contributed by atoms with Crippen LogP contribution in [0.2, 0.25) is 0 Å². The second-order valence-corrected chi connectivity index (χ2v) is 9.54. The van der Waals surface area contributed by atoms with Crippen LogP contribution in [0.5, 0.6) is 11.5 Å². The number of oxazole rings is 1. The number of aromatic nitrogens is 3. The maximum Gasteiger partial charge on any atom is 0.255 e. The van der Waals surface area contributed by atoms with E-state index < -0.39 is 5.82 Å². The Morgan fingerprint density at radius 3 is 2.80 bits per heavy atom. The molecule has 10 heteroatoms. The van der Waals surface area contributed by atoms with Gasteiger partial charge in [0, 0.05) is 42.4 Å². The number of rotatable bonds is 9. The molecule has 0 unspecified atom stereocenters. The van der Waals surface area contributed by atoms with E-state index in [1.54, 1.807) is 24.5 Å². The van der Waals surface area contributed by atoms with Crippen LogP contribution in [0.15, 0.2) is 71.4 Å². The standard InChI is InChI=1S/C31H28FN5O4/c1-18-22(37-31(41-18)19-7-4-3-5-8-19)13-16-40-25-17-33-14-11-20(25)27-28(26-23(35-27)12-15-34-30(26)38)36-24-10-6-9-21(32)29(24)39-2/h3-11,14,17,35-36H,12-13,15-16H2,1-2H3,(H,34,38). The van der Waals surface area contributed by atoms with Crippen molar-refractivity contribution in [2.45, 2.75) is 19.8 Å². The number of hydrogen-bond donors (Lipinski definition) is 3. The molecule has 3 aromatic heterocycles. The fraction of sp³-hybridized carbons (Fsp3) is 0.194. The van der Waals surface area contributed by atoms with Crippen molar-refractivity contribution in [3.63, 3.8) is 0 Å². The number of pyridine rings is 1. The summed E-state index contributed by atoms with van der Waals surface area (Å²) in [6.45, 7) is 2.72. The highest BCUT2D eigenvalue weighted by molar-refractivity contribution is 6.06. The first-order chi connectivity index (χ1) is 20.0. The van der Waals surface area contributed by atoms with Crippen molar-refractivity contribution < 1.29 is 23.1 Å². The number of aromatic amines is 1. The summed E-state index contributed by atoms with van der Waals surface area (Å²) in [5, 5.41) is 6.14. The Morgan fingerprint density at radius 1 is 1.12 bits per heavy atom. The van der Waals surface area contributed by atoms with Gasteiger partial charge < -0.3 is 29.5 Å². The van der Waals surface area contributed by atoms with Gasteiger partial charge in [-0.2, -0.15) is 0 Å². The SMILES string of the molecule is COc1c(F)cccc1Nc1c(-c2ccncc2OCCc2nc(-c3ccccc3)oc2C)[nH]c2c1C(=O)NCC2. The van der Waals surface area contributed by atoms with Crippen LogP contribution in [-0.2, 0) is 12.8 Å². The molecule has 0 fully saturated rings. The Labute approximate surface area is 235 Å². The number of carbonyl (C=O) groups is 1. The van der Waals surface area contributed by atoms with Gasteiger partial charge in [0.1, 0.15) is 11.5 Å². The van der Waals surface area contributed by atoms with Crippen molar-refractivity contribution in [2.24, 2.45) is 0 Å². The first-order valence-corrected chi connectivity index (χ1v) is 13.2. The number of halogens is 1. The molecule has 208 valence electrons. The largest absolute Gasteiger partial charge is 0.492 e. The van der Waals surface area contributed by atoms with Crippen LogP contribution in [0, 0.1) is 12.7 Å². The zero-order chi connectivity index (χ0) is 28.3. The molecule has 0 atom stereocenters. The number of carbonyl (C=O) groups excluding carboxylic acids is 1. The van der Waals surface area contributed by atoms with Crippen molar-refractivity contribution in [3.05, 3.63) is 95.5 Å².